The molecule has 0 saturated carbocycles. The topological polar surface area (TPSA) is 86.3 Å². The van der Waals surface area contributed by atoms with Crippen LogP contribution in [0.15, 0.2) is 72.4 Å². The lowest BCUT2D eigenvalue weighted by Crippen LogP contribution is -2.35. The smallest absolute Gasteiger partial charge is 0.417 e. The third kappa shape index (κ3) is 5.77. The zero-order valence-electron chi connectivity index (χ0n) is 21.3. The summed E-state index contributed by atoms with van der Waals surface area (Å²) in [5.41, 5.74) is 3.93. The van der Waals surface area contributed by atoms with Gasteiger partial charge in [0.15, 0.2) is 12.0 Å². The minimum Gasteiger partial charge on any atom is -0.481 e. The molecule has 9 heteroatoms. The van der Waals surface area contributed by atoms with Crippen molar-refractivity contribution in [2.75, 3.05) is 33.3 Å². The number of hydrogen-bond donors (Lipinski definition) is 0. The molecular weight excluding hydrogens is 472 g/mol. The Labute approximate surface area is 216 Å². The molecule has 2 aromatic rings. The fourth-order valence-electron chi connectivity index (χ4n) is 4.72. The van der Waals surface area contributed by atoms with Gasteiger partial charge in [-0.2, -0.15) is 0 Å². The maximum Gasteiger partial charge on any atom is 0.417 e. The first-order chi connectivity index (χ1) is 18.1. The predicted molar refractivity (Wildman–Crippen MR) is 138 cm³/mol. The number of fused-ring (bicyclic) bond motifs is 1. The molecule has 1 amide bonds. The lowest BCUT2D eigenvalue weighted by molar-refractivity contribution is 0.104. The van der Waals surface area contributed by atoms with E-state index >= 15 is 0 Å². The summed E-state index contributed by atoms with van der Waals surface area (Å²) in [6, 6.07) is 5.78. The van der Waals surface area contributed by atoms with Crippen molar-refractivity contribution in [1.29, 1.82) is 0 Å². The lowest BCUT2D eigenvalue weighted by Gasteiger charge is -2.24. The zero-order valence-corrected chi connectivity index (χ0v) is 21.3. The number of rotatable bonds is 10. The second-order valence-electron chi connectivity index (χ2n) is 9.14. The zero-order chi connectivity index (χ0) is 25.6. The van der Waals surface area contributed by atoms with E-state index in [1.807, 2.05) is 36.5 Å². The number of carbonyl (C=O) groups is 1. The first kappa shape index (κ1) is 24.8. The quantitative estimate of drug-likeness (QED) is 0.461. The van der Waals surface area contributed by atoms with E-state index < -0.39 is 6.09 Å². The van der Waals surface area contributed by atoms with Crippen LogP contribution in [-0.2, 0) is 20.6 Å². The summed E-state index contributed by atoms with van der Waals surface area (Å²) in [4.78, 5) is 25.5. The van der Waals surface area contributed by atoms with Crippen LogP contribution in [0.3, 0.4) is 0 Å². The minimum atomic E-state index is -0.419. The van der Waals surface area contributed by atoms with Crippen LogP contribution in [0.5, 0.6) is 5.88 Å². The van der Waals surface area contributed by atoms with Crippen molar-refractivity contribution in [3.8, 4) is 5.88 Å². The van der Waals surface area contributed by atoms with Crippen molar-refractivity contribution in [2.45, 2.75) is 38.7 Å². The molecule has 5 rings (SSSR count). The monoisotopic (exact) mass is 504 g/mol. The van der Waals surface area contributed by atoms with Crippen molar-refractivity contribution < 1.29 is 23.7 Å². The number of pyridine rings is 2. The van der Waals surface area contributed by atoms with Gasteiger partial charge in [-0.1, -0.05) is 25.2 Å². The minimum absolute atomic E-state index is 0.254. The van der Waals surface area contributed by atoms with Crippen LogP contribution in [0.25, 0.3) is 11.0 Å². The molecule has 0 bridgehead atoms. The van der Waals surface area contributed by atoms with Crippen LogP contribution in [0.2, 0.25) is 0 Å². The number of aryl methyl sites for hydroxylation is 1. The van der Waals surface area contributed by atoms with Gasteiger partial charge >= 0.3 is 6.09 Å². The van der Waals surface area contributed by atoms with Crippen LogP contribution in [0.1, 0.15) is 31.7 Å². The Morgan fingerprint density at radius 3 is 2.97 bits per heavy atom. The average molecular weight is 505 g/mol. The first-order valence-corrected chi connectivity index (χ1v) is 12.7. The Balaban J connectivity index is 1.14. The normalized spacial score (nSPS) is 19.2. The Morgan fingerprint density at radius 2 is 2.16 bits per heavy atom. The van der Waals surface area contributed by atoms with Gasteiger partial charge < -0.3 is 18.9 Å². The molecule has 1 aliphatic carbocycles. The summed E-state index contributed by atoms with van der Waals surface area (Å²) in [5, 5.41) is 0. The van der Waals surface area contributed by atoms with Gasteiger partial charge in [0, 0.05) is 18.8 Å². The molecule has 1 atom stereocenters. The highest BCUT2D eigenvalue weighted by Gasteiger charge is 2.37. The third-order valence-corrected chi connectivity index (χ3v) is 6.71. The molecule has 194 valence electrons. The van der Waals surface area contributed by atoms with E-state index in [2.05, 4.69) is 27.9 Å². The maximum atomic E-state index is 12.7. The van der Waals surface area contributed by atoms with Crippen LogP contribution >= 0.6 is 0 Å². The van der Waals surface area contributed by atoms with Crippen molar-refractivity contribution in [3.63, 3.8) is 0 Å². The highest BCUT2D eigenvalue weighted by Crippen LogP contribution is 2.29. The van der Waals surface area contributed by atoms with E-state index in [0.717, 1.165) is 60.9 Å². The highest BCUT2D eigenvalue weighted by molar-refractivity contribution is 5.78. The van der Waals surface area contributed by atoms with Gasteiger partial charge in [-0.3, -0.25) is 9.88 Å². The summed E-state index contributed by atoms with van der Waals surface area (Å²) < 4.78 is 22.5. The average Bonchev–Trinajstić information content (AvgIpc) is 3.32. The van der Waals surface area contributed by atoms with Gasteiger partial charge in [0.05, 0.1) is 24.7 Å². The molecule has 0 aromatic carbocycles. The van der Waals surface area contributed by atoms with E-state index in [1.54, 1.807) is 13.4 Å². The Bertz CT molecular complexity index is 1270. The molecular formula is C28H32N4O5. The molecule has 1 saturated heterocycles. The molecule has 2 aliphatic heterocycles. The largest absolute Gasteiger partial charge is 0.481 e. The number of likely N-dealkylation sites (N-methyl/N-ethyl adjacent to an activating group) is 1. The standard InChI is InChI=1S/C28H32N4O5/c1-3-31(15-7-10-21-13-14-29-23-11-12-25(34-2)30-27(21)23)16-22-17-32(28(33)36-22)26-19-35-18-24(37-26)20-8-5-4-6-9-20/h4-5,8,11-14,18-19,22H,3,6-7,9-10,15-17H2,1-2H3. The van der Waals surface area contributed by atoms with Crippen LogP contribution in [0, 0.1) is 0 Å². The Kier molecular flexibility index (Phi) is 7.70. The van der Waals surface area contributed by atoms with Crippen molar-refractivity contribution in [2.24, 2.45) is 0 Å². The number of amides is 1. The van der Waals surface area contributed by atoms with E-state index in [4.69, 9.17) is 18.9 Å². The molecule has 1 fully saturated rings. The maximum absolute atomic E-state index is 12.7. The summed E-state index contributed by atoms with van der Waals surface area (Å²) in [6.45, 7) is 4.90. The number of allylic oxidation sites excluding steroid dienone is 4. The van der Waals surface area contributed by atoms with Gasteiger partial charge in [-0.15, -0.1) is 0 Å². The highest BCUT2D eigenvalue weighted by atomic mass is 16.6. The SMILES string of the molecule is CCN(CCCc1ccnc2ccc(OC)nc12)CC1CN(C2=COC=C(C3=CC=CCC3)O2)C(=O)O1. The fraction of sp³-hybridized carbons (Fsp3) is 0.393. The number of ether oxygens (including phenoxy) is 4. The van der Waals surface area contributed by atoms with E-state index in [-0.39, 0.29) is 6.10 Å². The van der Waals surface area contributed by atoms with E-state index in [1.165, 1.54) is 11.2 Å². The number of nitrogens with zero attached hydrogens (tertiary/aromatic N) is 4. The summed E-state index contributed by atoms with van der Waals surface area (Å²) in [6.07, 6.45) is 13.9. The molecule has 37 heavy (non-hydrogen) atoms. The Hall–Kier alpha value is -3.85. The summed E-state index contributed by atoms with van der Waals surface area (Å²) >= 11 is 0. The van der Waals surface area contributed by atoms with E-state index in [9.17, 15) is 4.79 Å². The van der Waals surface area contributed by atoms with Gasteiger partial charge in [0.25, 0.3) is 0 Å². The number of hydrogen-bond acceptors (Lipinski definition) is 8. The van der Waals surface area contributed by atoms with Crippen molar-refractivity contribution >= 4 is 17.1 Å². The number of methoxy groups -OCH3 is 1. The van der Waals surface area contributed by atoms with Gasteiger partial charge in [-0.05, 0) is 62.0 Å². The van der Waals surface area contributed by atoms with Crippen molar-refractivity contribution in [3.05, 3.63) is 77.9 Å². The molecule has 4 heterocycles. The molecule has 0 spiro atoms. The van der Waals surface area contributed by atoms with Crippen molar-refractivity contribution in [1.82, 2.24) is 19.8 Å². The number of carbonyl (C=O) groups excluding carboxylic acids is 1. The van der Waals surface area contributed by atoms with Gasteiger partial charge in [-0.25, -0.2) is 14.7 Å². The summed E-state index contributed by atoms with van der Waals surface area (Å²) in [5.74, 6) is 1.57. The predicted octanol–water partition coefficient (Wildman–Crippen LogP) is 4.68. The lowest BCUT2D eigenvalue weighted by atomic mass is 10.0. The van der Waals surface area contributed by atoms with Crippen LogP contribution < -0.4 is 4.74 Å². The van der Waals surface area contributed by atoms with Crippen LogP contribution in [-0.4, -0.2) is 65.3 Å². The second kappa shape index (κ2) is 11.5. The Morgan fingerprint density at radius 1 is 1.24 bits per heavy atom. The molecule has 9 nitrogen and oxygen atoms in total. The molecule has 3 aliphatic rings. The third-order valence-electron chi connectivity index (χ3n) is 6.71. The first-order valence-electron chi connectivity index (χ1n) is 12.7. The number of aromatic nitrogens is 2. The molecule has 0 radical (unpaired) electrons. The summed E-state index contributed by atoms with van der Waals surface area (Å²) in [7, 11) is 1.62. The van der Waals surface area contributed by atoms with Gasteiger partial charge in [0.2, 0.25) is 11.8 Å². The molecule has 0 N–H and O–H groups in total. The number of cyclic esters (lactones) is 1. The molecule has 2 aromatic heterocycles. The molecule has 1 unspecified atom stereocenters. The van der Waals surface area contributed by atoms with Crippen LogP contribution in [0.4, 0.5) is 4.79 Å². The van der Waals surface area contributed by atoms with Gasteiger partial charge in [0.1, 0.15) is 12.4 Å². The van der Waals surface area contributed by atoms with E-state index in [0.29, 0.717) is 30.6 Å². The fourth-order valence-corrected chi connectivity index (χ4v) is 4.72. The second-order valence-corrected chi connectivity index (χ2v) is 9.14.